The summed E-state index contributed by atoms with van der Waals surface area (Å²) in [6, 6.07) is 9.01. The summed E-state index contributed by atoms with van der Waals surface area (Å²) < 4.78 is 15.4. The Morgan fingerprint density at radius 2 is 1.74 bits per heavy atom. The Morgan fingerprint density at radius 3 is 2.35 bits per heavy atom. The number of carbonyl (C=O) groups excluding carboxylic acids is 3. The van der Waals surface area contributed by atoms with Crippen LogP contribution in [-0.2, 0) is 25.6 Å². The summed E-state index contributed by atoms with van der Waals surface area (Å²) in [6.45, 7) is 9.56. The quantitative estimate of drug-likeness (QED) is 0.328. The molecule has 31 heavy (non-hydrogen) atoms. The molecule has 2 atom stereocenters. The molecule has 2 amide bonds. The Hall–Kier alpha value is -3.03. The summed E-state index contributed by atoms with van der Waals surface area (Å²) in [5, 5.41) is 5.49. The standard InChI is InChI=1S/C23H34N2O6/c1-6-29-20(26)14-10-13-19(17(2)25-22(28)31-23(3,4)5)15-24-21(27)30-16-18-11-8-7-9-12-18/h7-12,14,17,19H,6,13,15-16H2,1-5H3,(H,24,27)(H,25,28)/b14-10+/t17-,19+/m1/s1. The van der Waals surface area contributed by atoms with Crippen LogP contribution in [0.5, 0.6) is 0 Å². The molecule has 0 heterocycles. The van der Waals surface area contributed by atoms with Gasteiger partial charge in [0.15, 0.2) is 0 Å². The van der Waals surface area contributed by atoms with E-state index in [9.17, 15) is 14.4 Å². The van der Waals surface area contributed by atoms with Crippen LogP contribution in [0, 0.1) is 5.92 Å². The topological polar surface area (TPSA) is 103 Å². The number of hydrogen-bond donors (Lipinski definition) is 2. The molecule has 1 rings (SSSR count). The minimum Gasteiger partial charge on any atom is -0.463 e. The highest BCUT2D eigenvalue weighted by Gasteiger charge is 2.23. The fourth-order valence-electron chi connectivity index (χ4n) is 2.59. The first-order valence-electron chi connectivity index (χ1n) is 10.4. The Bertz CT molecular complexity index is 727. The van der Waals surface area contributed by atoms with E-state index in [-0.39, 0.29) is 31.7 Å². The van der Waals surface area contributed by atoms with E-state index >= 15 is 0 Å². The minimum atomic E-state index is -0.622. The van der Waals surface area contributed by atoms with Crippen molar-refractivity contribution in [3.8, 4) is 0 Å². The SMILES string of the molecule is CCOC(=O)/C=C/C[C@@H](CNC(=O)OCc1ccccc1)[C@@H](C)NC(=O)OC(C)(C)C. The van der Waals surface area contributed by atoms with E-state index in [1.54, 1.807) is 33.8 Å². The third-order valence-electron chi connectivity index (χ3n) is 4.15. The van der Waals surface area contributed by atoms with E-state index in [2.05, 4.69) is 10.6 Å². The van der Waals surface area contributed by atoms with E-state index in [0.717, 1.165) is 5.56 Å². The number of esters is 1. The van der Waals surface area contributed by atoms with E-state index in [4.69, 9.17) is 14.2 Å². The van der Waals surface area contributed by atoms with Crippen molar-refractivity contribution in [3.05, 3.63) is 48.0 Å². The largest absolute Gasteiger partial charge is 0.463 e. The third kappa shape index (κ3) is 12.3. The second-order valence-electron chi connectivity index (χ2n) is 8.03. The van der Waals surface area contributed by atoms with Gasteiger partial charge in [0.05, 0.1) is 6.61 Å². The lowest BCUT2D eigenvalue weighted by molar-refractivity contribution is -0.137. The first-order chi connectivity index (χ1) is 14.6. The van der Waals surface area contributed by atoms with Crippen molar-refractivity contribution in [2.75, 3.05) is 13.2 Å². The monoisotopic (exact) mass is 434 g/mol. The number of benzene rings is 1. The summed E-state index contributed by atoms with van der Waals surface area (Å²) in [5.41, 5.74) is 0.259. The average molecular weight is 435 g/mol. The highest BCUT2D eigenvalue weighted by atomic mass is 16.6. The molecule has 0 aromatic heterocycles. The van der Waals surface area contributed by atoms with Gasteiger partial charge in [-0.15, -0.1) is 0 Å². The minimum absolute atomic E-state index is 0.159. The van der Waals surface area contributed by atoms with Gasteiger partial charge in [-0.2, -0.15) is 0 Å². The van der Waals surface area contributed by atoms with Gasteiger partial charge < -0.3 is 24.8 Å². The van der Waals surface area contributed by atoms with Crippen molar-refractivity contribution in [1.82, 2.24) is 10.6 Å². The van der Waals surface area contributed by atoms with Crippen LogP contribution in [0.3, 0.4) is 0 Å². The van der Waals surface area contributed by atoms with Crippen LogP contribution in [-0.4, -0.2) is 43.0 Å². The van der Waals surface area contributed by atoms with Crippen molar-refractivity contribution >= 4 is 18.2 Å². The zero-order chi connectivity index (χ0) is 23.3. The van der Waals surface area contributed by atoms with Crippen LogP contribution < -0.4 is 10.6 Å². The van der Waals surface area contributed by atoms with E-state index in [1.807, 2.05) is 37.3 Å². The van der Waals surface area contributed by atoms with E-state index in [1.165, 1.54) is 6.08 Å². The van der Waals surface area contributed by atoms with Gasteiger partial charge in [0.1, 0.15) is 12.2 Å². The molecule has 0 radical (unpaired) electrons. The highest BCUT2D eigenvalue weighted by molar-refractivity contribution is 5.81. The molecule has 0 saturated heterocycles. The molecular weight excluding hydrogens is 400 g/mol. The molecule has 0 aliphatic heterocycles. The maximum absolute atomic E-state index is 12.1. The summed E-state index contributed by atoms with van der Waals surface area (Å²) in [7, 11) is 0. The highest BCUT2D eigenvalue weighted by Crippen LogP contribution is 2.12. The van der Waals surface area contributed by atoms with Crippen molar-refractivity contribution in [1.29, 1.82) is 0 Å². The molecule has 172 valence electrons. The predicted molar refractivity (Wildman–Crippen MR) is 117 cm³/mol. The molecule has 8 nitrogen and oxygen atoms in total. The fourth-order valence-corrected chi connectivity index (χ4v) is 2.59. The second-order valence-corrected chi connectivity index (χ2v) is 8.03. The van der Waals surface area contributed by atoms with Crippen molar-refractivity contribution in [2.24, 2.45) is 5.92 Å². The first-order valence-corrected chi connectivity index (χ1v) is 10.4. The summed E-state index contributed by atoms with van der Waals surface area (Å²) in [6.07, 6.45) is 2.31. The molecule has 0 bridgehead atoms. The number of alkyl carbamates (subject to hydrolysis) is 2. The van der Waals surface area contributed by atoms with Crippen LogP contribution in [0.4, 0.5) is 9.59 Å². The smallest absolute Gasteiger partial charge is 0.407 e. The number of hydrogen-bond acceptors (Lipinski definition) is 6. The fraction of sp³-hybridized carbons (Fsp3) is 0.522. The van der Waals surface area contributed by atoms with Crippen molar-refractivity contribution in [3.63, 3.8) is 0 Å². The molecule has 1 aromatic rings. The van der Waals surface area contributed by atoms with Gasteiger partial charge in [-0.3, -0.25) is 0 Å². The number of amides is 2. The van der Waals surface area contributed by atoms with Crippen molar-refractivity contribution < 1.29 is 28.6 Å². The van der Waals surface area contributed by atoms with Crippen LogP contribution in [0.25, 0.3) is 0 Å². The lowest BCUT2D eigenvalue weighted by Crippen LogP contribution is -2.44. The zero-order valence-corrected chi connectivity index (χ0v) is 19.0. The normalized spacial score (nSPS) is 13.2. The van der Waals surface area contributed by atoms with Gasteiger partial charge in [0, 0.05) is 18.7 Å². The molecule has 2 N–H and O–H groups in total. The molecule has 8 heteroatoms. The van der Waals surface area contributed by atoms with Crippen LogP contribution in [0.2, 0.25) is 0 Å². The predicted octanol–water partition coefficient (Wildman–Crippen LogP) is 3.95. The molecule has 0 aliphatic carbocycles. The van der Waals surface area contributed by atoms with Gasteiger partial charge in [0.2, 0.25) is 0 Å². The van der Waals surface area contributed by atoms with Gasteiger partial charge in [-0.05, 0) is 52.5 Å². The Balaban J connectivity index is 2.64. The molecule has 0 saturated carbocycles. The van der Waals surface area contributed by atoms with Gasteiger partial charge in [-0.1, -0.05) is 36.4 Å². The average Bonchev–Trinajstić information content (AvgIpc) is 2.68. The van der Waals surface area contributed by atoms with Gasteiger partial charge in [-0.25, -0.2) is 14.4 Å². The van der Waals surface area contributed by atoms with Crippen LogP contribution >= 0.6 is 0 Å². The lowest BCUT2D eigenvalue weighted by Gasteiger charge is -2.26. The molecule has 0 unspecified atom stereocenters. The Labute approximate surface area is 184 Å². The van der Waals surface area contributed by atoms with Crippen LogP contribution in [0.15, 0.2) is 42.5 Å². The number of ether oxygens (including phenoxy) is 3. The van der Waals surface area contributed by atoms with Crippen LogP contribution in [0.1, 0.15) is 46.6 Å². The maximum atomic E-state index is 12.1. The number of nitrogens with one attached hydrogen (secondary N) is 2. The zero-order valence-electron chi connectivity index (χ0n) is 19.0. The summed E-state index contributed by atoms with van der Waals surface area (Å²) in [5.74, 6) is -0.647. The summed E-state index contributed by atoms with van der Waals surface area (Å²) in [4.78, 5) is 35.7. The molecular formula is C23H34N2O6. The maximum Gasteiger partial charge on any atom is 0.407 e. The molecule has 1 aromatic carbocycles. The molecule has 0 aliphatic rings. The number of rotatable bonds is 10. The number of allylic oxidation sites excluding steroid dienone is 1. The molecule has 0 spiro atoms. The van der Waals surface area contributed by atoms with E-state index < -0.39 is 23.8 Å². The Morgan fingerprint density at radius 1 is 1.06 bits per heavy atom. The Kier molecular flexibility index (Phi) is 11.2. The van der Waals surface area contributed by atoms with E-state index in [0.29, 0.717) is 6.42 Å². The number of carbonyl (C=O) groups is 3. The third-order valence-corrected chi connectivity index (χ3v) is 4.15. The lowest BCUT2D eigenvalue weighted by atomic mass is 9.97. The van der Waals surface area contributed by atoms with Crippen molar-refractivity contribution in [2.45, 2.75) is 59.3 Å². The van der Waals surface area contributed by atoms with Gasteiger partial charge >= 0.3 is 18.2 Å². The summed E-state index contributed by atoms with van der Waals surface area (Å²) >= 11 is 0. The first kappa shape index (κ1) is 26.0. The molecule has 0 fully saturated rings. The van der Waals surface area contributed by atoms with Gasteiger partial charge in [0.25, 0.3) is 0 Å². The second kappa shape index (κ2) is 13.3.